The number of amides is 1. The van der Waals surface area contributed by atoms with Gasteiger partial charge in [-0.1, -0.05) is 32.0 Å². The van der Waals surface area contributed by atoms with Gasteiger partial charge in [-0.2, -0.15) is 0 Å². The number of ether oxygens (including phenoxy) is 3. The molecule has 0 aromatic heterocycles. The van der Waals surface area contributed by atoms with E-state index in [-0.39, 0.29) is 11.8 Å². The molecular weight excluding hydrogens is 438 g/mol. The summed E-state index contributed by atoms with van der Waals surface area (Å²) < 4.78 is 16.4. The van der Waals surface area contributed by atoms with Gasteiger partial charge in [0.05, 0.1) is 33.8 Å². The third kappa shape index (κ3) is 5.45. The van der Waals surface area contributed by atoms with Crippen LogP contribution in [0.2, 0.25) is 0 Å². The number of carbonyl (C=O) groups excluding carboxylic acids is 1. The van der Waals surface area contributed by atoms with Crippen molar-refractivity contribution in [1.82, 2.24) is 0 Å². The molecule has 0 aliphatic heterocycles. The van der Waals surface area contributed by atoms with Crippen LogP contribution in [0.5, 0.6) is 17.2 Å². The Balaban J connectivity index is 1.74. The Morgan fingerprint density at radius 1 is 0.886 bits per heavy atom. The maximum absolute atomic E-state index is 14.2. The van der Waals surface area contributed by atoms with Gasteiger partial charge in [0.15, 0.2) is 0 Å². The zero-order chi connectivity index (χ0) is 24.9. The van der Waals surface area contributed by atoms with Crippen molar-refractivity contribution >= 4 is 11.6 Å². The van der Waals surface area contributed by atoms with Crippen molar-refractivity contribution in [3.05, 3.63) is 82.9 Å². The van der Waals surface area contributed by atoms with Crippen molar-refractivity contribution in [3.63, 3.8) is 0 Å². The second-order valence-corrected chi connectivity index (χ2v) is 9.40. The Morgan fingerprint density at radius 2 is 1.54 bits per heavy atom. The molecule has 0 N–H and O–H groups in total. The number of fused-ring (bicyclic) bond motifs is 1. The van der Waals surface area contributed by atoms with E-state index < -0.39 is 0 Å². The highest BCUT2D eigenvalue weighted by Gasteiger charge is 2.31. The number of aryl methyl sites for hydroxylation is 1. The summed E-state index contributed by atoms with van der Waals surface area (Å²) in [6.07, 6.45) is 2.79. The summed E-state index contributed by atoms with van der Waals surface area (Å²) in [6, 6.07) is 20.2. The third-order valence-corrected chi connectivity index (χ3v) is 6.85. The molecule has 35 heavy (non-hydrogen) atoms. The summed E-state index contributed by atoms with van der Waals surface area (Å²) in [6.45, 7) is 4.77. The van der Waals surface area contributed by atoms with Gasteiger partial charge in [0.25, 0.3) is 0 Å². The summed E-state index contributed by atoms with van der Waals surface area (Å²) in [7, 11) is 4.94. The molecule has 1 amide bonds. The molecule has 3 aromatic rings. The average molecular weight is 474 g/mol. The van der Waals surface area contributed by atoms with Crippen LogP contribution in [0.25, 0.3) is 0 Å². The molecule has 1 atom stereocenters. The van der Waals surface area contributed by atoms with Crippen LogP contribution < -0.4 is 19.1 Å². The second-order valence-electron chi connectivity index (χ2n) is 9.40. The van der Waals surface area contributed by atoms with Crippen molar-refractivity contribution in [3.8, 4) is 17.2 Å². The topological polar surface area (TPSA) is 48.0 Å². The predicted molar refractivity (Wildman–Crippen MR) is 140 cm³/mol. The SMILES string of the molecule is COc1cc(CN(C(=O)C2CCCc3ccc(OC)cc32)c2ccc(C(C)C)cc2)cc(OC)c1. The molecule has 5 nitrogen and oxygen atoms in total. The van der Waals surface area contributed by atoms with Gasteiger partial charge in [-0.3, -0.25) is 4.79 Å². The molecule has 0 radical (unpaired) electrons. The first-order chi connectivity index (χ1) is 16.9. The van der Waals surface area contributed by atoms with E-state index in [1.165, 1.54) is 11.1 Å². The fourth-order valence-corrected chi connectivity index (χ4v) is 4.82. The van der Waals surface area contributed by atoms with Gasteiger partial charge in [-0.25, -0.2) is 0 Å². The maximum Gasteiger partial charge on any atom is 0.234 e. The Labute approximate surface area is 208 Å². The monoisotopic (exact) mass is 473 g/mol. The van der Waals surface area contributed by atoms with E-state index in [0.717, 1.165) is 41.8 Å². The van der Waals surface area contributed by atoms with E-state index in [9.17, 15) is 4.79 Å². The number of benzene rings is 3. The highest BCUT2D eigenvalue weighted by molar-refractivity contribution is 5.98. The van der Waals surface area contributed by atoms with Crippen molar-refractivity contribution in [2.24, 2.45) is 0 Å². The standard InChI is InChI=1S/C30H35NO4/c1-20(2)22-9-12-24(13-10-22)31(19-21-15-26(34-4)17-27(16-21)35-5)30(32)28-8-6-7-23-11-14-25(33-3)18-29(23)28/h9-18,20,28H,6-8,19H2,1-5H3. The maximum atomic E-state index is 14.2. The van der Waals surface area contributed by atoms with Gasteiger partial charge in [0.2, 0.25) is 5.91 Å². The first-order valence-electron chi connectivity index (χ1n) is 12.2. The van der Waals surface area contributed by atoms with E-state index in [0.29, 0.717) is 24.0 Å². The molecule has 184 valence electrons. The van der Waals surface area contributed by atoms with Gasteiger partial charge in [-0.15, -0.1) is 0 Å². The molecule has 1 unspecified atom stereocenters. The largest absolute Gasteiger partial charge is 0.497 e. The Kier molecular flexibility index (Phi) is 7.64. The highest BCUT2D eigenvalue weighted by atomic mass is 16.5. The van der Waals surface area contributed by atoms with Gasteiger partial charge in [0, 0.05) is 11.8 Å². The number of nitrogens with zero attached hydrogens (tertiary/aromatic N) is 1. The van der Waals surface area contributed by atoms with Crippen LogP contribution >= 0.6 is 0 Å². The summed E-state index contributed by atoms with van der Waals surface area (Å²) >= 11 is 0. The smallest absolute Gasteiger partial charge is 0.234 e. The Morgan fingerprint density at radius 3 is 2.14 bits per heavy atom. The number of carbonyl (C=O) groups is 1. The van der Waals surface area contributed by atoms with E-state index >= 15 is 0 Å². The third-order valence-electron chi connectivity index (χ3n) is 6.85. The first-order valence-corrected chi connectivity index (χ1v) is 12.2. The average Bonchev–Trinajstić information content (AvgIpc) is 2.90. The van der Waals surface area contributed by atoms with E-state index in [4.69, 9.17) is 14.2 Å². The van der Waals surface area contributed by atoms with Crippen LogP contribution in [0.1, 0.15) is 60.8 Å². The summed E-state index contributed by atoms with van der Waals surface area (Å²) in [5.74, 6) is 2.50. The minimum Gasteiger partial charge on any atom is -0.497 e. The molecule has 0 heterocycles. The molecule has 1 aliphatic rings. The molecule has 0 spiro atoms. The quantitative estimate of drug-likeness (QED) is 0.375. The molecule has 5 heteroatoms. The van der Waals surface area contributed by atoms with Crippen LogP contribution in [0.3, 0.4) is 0 Å². The summed E-state index contributed by atoms with van der Waals surface area (Å²) in [5, 5.41) is 0. The molecule has 0 saturated carbocycles. The zero-order valence-corrected chi connectivity index (χ0v) is 21.3. The van der Waals surface area contributed by atoms with Crippen molar-refractivity contribution < 1.29 is 19.0 Å². The summed E-state index contributed by atoms with van der Waals surface area (Å²) in [5.41, 5.74) is 5.39. The molecule has 1 aliphatic carbocycles. The lowest BCUT2D eigenvalue weighted by atomic mass is 9.81. The van der Waals surface area contributed by atoms with E-state index in [1.807, 2.05) is 35.2 Å². The Hall–Kier alpha value is -3.47. The fraction of sp³-hybridized carbons (Fsp3) is 0.367. The van der Waals surface area contributed by atoms with Crippen LogP contribution in [0.15, 0.2) is 60.7 Å². The normalized spacial score (nSPS) is 14.9. The molecule has 0 bridgehead atoms. The minimum atomic E-state index is -0.217. The first kappa shape index (κ1) is 24.6. The lowest BCUT2D eigenvalue weighted by molar-refractivity contribution is -0.120. The number of methoxy groups -OCH3 is 3. The van der Waals surface area contributed by atoms with E-state index in [1.54, 1.807) is 21.3 Å². The van der Waals surface area contributed by atoms with Gasteiger partial charge in [0.1, 0.15) is 17.2 Å². The lowest BCUT2D eigenvalue weighted by Crippen LogP contribution is -2.36. The number of hydrogen-bond donors (Lipinski definition) is 0. The molecule has 3 aromatic carbocycles. The number of anilines is 1. The van der Waals surface area contributed by atoms with Crippen molar-refractivity contribution in [2.45, 2.75) is 51.5 Å². The fourth-order valence-electron chi connectivity index (χ4n) is 4.82. The molecule has 4 rings (SSSR count). The molecular formula is C30H35NO4. The van der Waals surface area contributed by atoms with Crippen molar-refractivity contribution in [1.29, 1.82) is 0 Å². The second kappa shape index (κ2) is 10.9. The minimum absolute atomic E-state index is 0.0956. The van der Waals surface area contributed by atoms with Crippen LogP contribution in [-0.2, 0) is 17.8 Å². The predicted octanol–water partition coefficient (Wildman–Crippen LogP) is 6.49. The summed E-state index contributed by atoms with van der Waals surface area (Å²) in [4.78, 5) is 16.1. The molecule has 0 fully saturated rings. The van der Waals surface area contributed by atoms with Crippen molar-refractivity contribution in [2.75, 3.05) is 26.2 Å². The Bertz CT molecular complexity index is 1150. The number of hydrogen-bond acceptors (Lipinski definition) is 4. The van der Waals surface area contributed by atoms with Crippen LogP contribution in [0.4, 0.5) is 5.69 Å². The zero-order valence-electron chi connectivity index (χ0n) is 21.3. The van der Waals surface area contributed by atoms with E-state index in [2.05, 4.69) is 44.2 Å². The van der Waals surface area contributed by atoms with Crippen LogP contribution in [0, 0.1) is 0 Å². The lowest BCUT2D eigenvalue weighted by Gasteiger charge is -2.31. The van der Waals surface area contributed by atoms with Gasteiger partial charge in [-0.05, 0) is 83.8 Å². The highest BCUT2D eigenvalue weighted by Crippen LogP contribution is 2.37. The van der Waals surface area contributed by atoms with Gasteiger partial charge >= 0.3 is 0 Å². The van der Waals surface area contributed by atoms with Gasteiger partial charge < -0.3 is 19.1 Å². The number of rotatable bonds is 8. The van der Waals surface area contributed by atoms with Crippen LogP contribution in [-0.4, -0.2) is 27.2 Å². The molecule has 0 saturated heterocycles.